The van der Waals surface area contributed by atoms with Crippen molar-refractivity contribution in [3.8, 4) is 5.75 Å². The maximum Gasteiger partial charge on any atom is 0.272 e. The van der Waals surface area contributed by atoms with Gasteiger partial charge in [-0.05, 0) is 37.3 Å². The van der Waals surface area contributed by atoms with Crippen LogP contribution in [-0.2, 0) is 4.79 Å². The number of methoxy groups -OCH3 is 1. The van der Waals surface area contributed by atoms with Crippen LogP contribution in [0.5, 0.6) is 5.75 Å². The molecule has 0 spiro atoms. The van der Waals surface area contributed by atoms with Gasteiger partial charge in [0.2, 0.25) is 5.91 Å². The standard InChI is InChI=1S/C18H18ClN3O5/c1-11-8-12(4-6-15(11)22(25)26)18(24)21(2)10-17(23)20-14-9-13(19)5-7-16(14)27-3/h4-9H,10H2,1-3H3,(H,20,23). The summed E-state index contributed by atoms with van der Waals surface area (Å²) in [6, 6.07) is 8.85. The zero-order valence-corrected chi connectivity index (χ0v) is 15.7. The van der Waals surface area contributed by atoms with E-state index in [0.717, 1.165) is 0 Å². The topological polar surface area (TPSA) is 102 Å². The van der Waals surface area contributed by atoms with Gasteiger partial charge in [-0.1, -0.05) is 11.6 Å². The summed E-state index contributed by atoms with van der Waals surface area (Å²) in [5, 5.41) is 13.9. The lowest BCUT2D eigenvalue weighted by Crippen LogP contribution is -2.35. The molecule has 0 unspecified atom stereocenters. The van der Waals surface area contributed by atoms with E-state index in [1.54, 1.807) is 25.1 Å². The lowest BCUT2D eigenvalue weighted by molar-refractivity contribution is -0.385. The van der Waals surface area contributed by atoms with Crippen molar-refractivity contribution in [1.82, 2.24) is 4.90 Å². The fourth-order valence-electron chi connectivity index (χ4n) is 2.47. The van der Waals surface area contributed by atoms with Crippen molar-refractivity contribution in [2.45, 2.75) is 6.92 Å². The van der Waals surface area contributed by atoms with E-state index in [9.17, 15) is 19.7 Å². The summed E-state index contributed by atoms with van der Waals surface area (Å²) in [7, 11) is 2.93. The number of rotatable bonds is 6. The Hall–Kier alpha value is -3.13. The fourth-order valence-corrected chi connectivity index (χ4v) is 2.64. The minimum Gasteiger partial charge on any atom is -0.495 e. The number of ether oxygens (including phenoxy) is 1. The Bertz CT molecular complexity index is 901. The number of anilines is 1. The first-order valence-electron chi connectivity index (χ1n) is 7.87. The Morgan fingerprint density at radius 2 is 1.96 bits per heavy atom. The maximum absolute atomic E-state index is 12.5. The summed E-state index contributed by atoms with van der Waals surface area (Å²) >= 11 is 5.92. The zero-order chi connectivity index (χ0) is 20.1. The summed E-state index contributed by atoms with van der Waals surface area (Å²) in [5.74, 6) is -0.431. The third-order valence-electron chi connectivity index (χ3n) is 3.80. The molecule has 27 heavy (non-hydrogen) atoms. The zero-order valence-electron chi connectivity index (χ0n) is 15.0. The highest BCUT2D eigenvalue weighted by molar-refractivity contribution is 6.31. The largest absolute Gasteiger partial charge is 0.495 e. The van der Waals surface area contributed by atoms with Gasteiger partial charge in [0.05, 0.1) is 24.3 Å². The van der Waals surface area contributed by atoms with E-state index < -0.39 is 16.7 Å². The van der Waals surface area contributed by atoms with Gasteiger partial charge in [-0.2, -0.15) is 0 Å². The van der Waals surface area contributed by atoms with Gasteiger partial charge in [0, 0.05) is 29.3 Å². The van der Waals surface area contributed by atoms with Crippen molar-refractivity contribution in [2.24, 2.45) is 0 Å². The van der Waals surface area contributed by atoms with Crippen molar-refractivity contribution < 1.29 is 19.2 Å². The maximum atomic E-state index is 12.5. The Labute approximate surface area is 160 Å². The van der Waals surface area contributed by atoms with E-state index in [0.29, 0.717) is 22.0 Å². The number of likely N-dealkylation sites (N-methyl/N-ethyl adjacent to an activating group) is 1. The van der Waals surface area contributed by atoms with Gasteiger partial charge in [-0.25, -0.2) is 0 Å². The number of nitrogens with one attached hydrogen (secondary N) is 1. The van der Waals surface area contributed by atoms with Crippen molar-refractivity contribution >= 4 is 34.8 Å². The summed E-state index contributed by atoms with van der Waals surface area (Å²) < 4.78 is 5.16. The SMILES string of the molecule is COc1ccc(Cl)cc1NC(=O)CN(C)C(=O)c1ccc([N+](=O)[O-])c(C)c1. The number of amides is 2. The van der Waals surface area contributed by atoms with Crippen molar-refractivity contribution in [1.29, 1.82) is 0 Å². The lowest BCUT2D eigenvalue weighted by atomic mass is 10.1. The molecule has 2 aromatic rings. The molecule has 0 aliphatic rings. The van der Waals surface area contributed by atoms with Gasteiger partial charge in [0.25, 0.3) is 11.6 Å². The van der Waals surface area contributed by atoms with Gasteiger partial charge >= 0.3 is 0 Å². The number of benzene rings is 2. The van der Waals surface area contributed by atoms with Crippen LogP contribution < -0.4 is 10.1 Å². The predicted octanol–water partition coefficient (Wildman–Crippen LogP) is 3.28. The van der Waals surface area contributed by atoms with Crippen LogP contribution in [0.1, 0.15) is 15.9 Å². The summed E-state index contributed by atoms with van der Waals surface area (Å²) in [4.78, 5) is 36.3. The van der Waals surface area contributed by atoms with Gasteiger partial charge < -0.3 is 15.0 Å². The second kappa shape index (κ2) is 8.50. The third kappa shape index (κ3) is 4.95. The predicted molar refractivity (Wildman–Crippen MR) is 101 cm³/mol. The normalized spacial score (nSPS) is 10.2. The quantitative estimate of drug-likeness (QED) is 0.601. The molecule has 2 aromatic carbocycles. The lowest BCUT2D eigenvalue weighted by Gasteiger charge is -2.18. The first-order chi connectivity index (χ1) is 12.7. The molecule has 2 amide bonds. The summed E-state index contributed by atoms with van der Waals surface area (Å²) in [6.07, 6.45) is 0. The number of nitrogens with zero attached hydrogens (tertiary/aromatic N) is 2. The van der Waals surface area contributed by atoms with E-state index in [1.807, 2.05) is 0 Å². The monoisotopic (exact) mass is 391 g/mol. The highest BCUT2D eigenvalue weighted by Crippen LogP contribution is 2.27. The molecule has 142 valence electrons. The second-order valence-corrected chi connectivity index (χ2v) is 6.25. The number of nitro benzene ring substituents is 1. The van der Waals surface area contributed by atoms with E-state index >= 15 is 0 Å². The molecular formula is C18H18ClN3O5. The molecule has 0 saturated carbocycles. The number of hydrogen-bond donors (Lipinski definition) is 1. The van der Waals surface area contributed by atoms with Crippen LogP contribution in [0.4, 0.5) is 11.4 Å². The van der Waals surface area contributed by atoms with Crippen molar-refractivity contribution in [2.75, 3.05) is 26.0 Å². The van der Waals surface area contributed by atoms with Crippen LogP contribution in [0.15, 0.2) is 36.4 Å². The summed E-state index contributed by atoms with van der Waals surface area (Å²) in [6.45, 7) is 1.33. The Morgan fingerprint density at radius 3 is 2.56 bits per heavy atom. The number of halogens is 1. The molecule has 0 atom stereocenters. The van der Waals surface area contributed by atoms with E-state index in [-0.39, 0.29) is 17.8 Å². The molecule has 0 heterocycles. The molecule has 0 bridgehead atoms. The van der Waals surface area contributed by atoms with Crippen LogP contribution in [-0.4, -0.2) is 42.3 Å². The molecule has 9 heteroatoms. The fraction of sp³-hybridized carbons (Fsp3) is 0.222. The average Bonchev–Trinajstić information content (AvgIpc) is 2.60. The van der Waals surface area contributed by atoms with Crippen LogP contribution in [0, 0.1) is 17.0 Å². The van der Waals surface area contributed by atoms with E-state index in [4.69, 9.17) is 16.3 Å². The molecule has 1 N–H and O–H groups in total. The molecule has 0 saturated heterocycles. The van der Waals surface area contributed by atoms with Gasteiger partial charge in [0.15, 0.2) is 0 Å². The molecule has 0 aromatic heterocycles. The number of carbonyl (C=O) groups excluding carboxylic acids is 2. The van der Waals surface area contributed by atoms with Crippen LogP contribution in [0.25, 0.3) is 0 Å². The number of carbonyl (C=O) groups is 2. The van der Waals surface area contributed by atoms with Crippen molar-refractivity contribution in [3.05, 3.63) is 62.7 Å². The molecule has 0 fully saturated rings. The summed E-state index contributed by atoms with van der Waals surface area (Å²) in [5.41, 5.74) is 0.947. The van der Waals surface area contributed by atoms with Gasteiger partial charge in [-0.3, -0.25) is 19.7 Å². The molecule has 0 aliphatic carbocycles. The van der Waals surface area contributed by atoms with Crippen LogP contribution >= 0.6 is 11.6 Å². The van der Waals surface area contributed by atoms with Crippen LogP contribution in [0.2, 0.25) is 5.02 Å². The first kappa shape index (κ1) is 20.2. The van der Waals surface area contributed by atoms with Crippen LogP contribution in [0.3, 0.4) is 0 Å². The molecule has 8 nitrogen and oxygen atoms in total. The average molecular weight is 392 g/mol. The minimum atomic E-state index is -0.515. The number of nitro groups is 1. The van der Waals surface area contributed by atoms with E-state index in [1.165, 1.54) is 37.3 Å². The Morgan fingerprint density at radius 1 is 1.26 bits per heavy atom. The molecule has 0 radical (unpaired) electrons. The van der Waals surface area contributed by atoms with Gasteiger partial charge in [-0.15, -0.1) is 0 Å². The smallest absolute Gasteiger partial charge is 0.272 e. The molecule has 0 aliphatic heterocycles. The second-order valence-electron chi connectivity index (χ2n) is 5.81. The van der Waals surface area contributed by atoms with E-state index in [2.05, 4.69) is 5.32 Å². The van der Waals surface area contributed by atoms with Gasteiger partial charge in [0.1, 0.15) is 5.75 Å². The van der Waals surface area contributed by atoms with Crippen molar-refractivity contribution in [3.63, 3.8) is 0 Å². The third-order valence-corrected chi connectivity index (χ3v) is 4.04. The minimum absolute atomic E-state index is 0.0694. The first-order valence-corrected chi connectivity index (χ1v) is 8.24. The Balaban J connectivity index is 2.08. The number of hydrogen-bond acceptors (Lipinski definition) is 5. The molecular weight excluding hydrogens is 374 g/mol. The highest BCUT2D eigenvalue weighted by atomic mass is 35.5. The number of aryl methyl sites for hydroxylation is 1. The Kier molecular flexibility index (Phi) is 6.36. The molecule has 2 rings (SSSR count). The highest BCUT2D eigenvalue weighted by Gasteiger charge is 2.19.